The summed E-state index contributed by atoms with van der Waals surface area (Å²) in [6.07, 6.45) is 3.36. The Labute approximate surface area is 116 Å². The van der Waals surface area contributed by atoms with E-state index in [0.29, 0.717) is 18.8 Å². The number of fused-ring (bicyclic) bond motifs is 1. The number of rotatable bonds is 3. The molecule has 1 aliphatic heterocycles. The van der Waals surface area contributed by atoms with Crippen molar-refractivity contribution < 1.29 is 13.2 Å². The summed E-state index contributed by atoms with van der Waals surface area (Å²) in [5.74, 6) is 0.729. The molecule has 0 saturated heterocycles. The van der Waals surface area contributed by atoms with Crippen LogP contribution in [0.15, 0.2) is 23.1 Å². The van der Waals surface area contributed by atoms with Gasteiger partial charge in [0.2, 0.25) is 5.91 Å². The van der Waals surface area contributed by atoms with Crippen LogP contribution in [-0.2, 0) is 20.3 Å². The van der Waals surface area contributed by atoms with E-state index in [1.165, 1.54) is 18.9 Å². The Hall–Kier alpha value is -1.07. The topological polar surface area (TPSA) is 54.5 Å². The first-order chi connectivity index (χ1) is 8.95. The number of benzene rings is 1. The van der Waals surface area contributed by atoms with Crippen molar-refractivity contribution in [3.8, 4) is 0 Å². The third kappa shape index (κ3) is 2.62. The van der Waals surface area contributed by atoms with Crippen molar-refractivity contribution in [2.75, 3.05) is 11.4 Å². The number of hydrogen-bond donors (Lipinski definition) is 0. The van der Waals surface area contributed by atoms with E-state index >= 15 is 0 Å². The zero-order valence-electron chi connectivity index (χ0n) is 10.3. The fraction of sp³-hybridized carbons (Fsp3) is 0.462. The molecule has 0 atom stereocenters. The Morgan fingerprint density at radius 1 is 1.26 bits per heavy atom. The lowest BCUT2D eigenvalue weighted by molar-refractivity contribution is -0.118. The molecule has 0 aromatic heterocycles. The van der Waals surface area contributed by atoms with Gasteiger partial charge in [-0.2, -0.15) is 0 Å². The average Bonchev–Trinajstić information content (AvgIpc) is 3.15. The molecule has 0 unspecified atom stereocenters. The van der Waals surface area contributed by atoms with Crippen LogP contribution in [0, 0.1) is 5.92 Å². The summed E-state index contributed by atoms with van der Waals surface area (Å²) >= 11 is 0. The highest BCUT2D eigenvalue weighted by Gasteiger charge is 2.31. The van der Waals surface area contributed by atoms with Crippen LogP contribution < -0.4 is 4.90 Å². The van der Waals surface area contributed by atoms with Crippen LogP contribution in [0.4, 0.5) is 5.69 Å². The van der Waals surface area contributed by atoms with Crippen LogP contribution >= 0.6 is 10.7 Å². The van der Waals surface area contributed by atoms with Gasteiger partial charge in [-0.15, -0.1) is 0 Å². The smallest absolute Gasteiger partial charge is 0.261 e. The third-order valence-corrected chi connectivity index (χ3v) is 5.02. The number of hydrogen-bond acceptors (Lipinski definition) is 3. The SMILES string of the molecule is O=C1CCc2cc(S(=O)(=O)Cl)ccc2N1CC1CC1. The quantitative estimate of drug-likeness (QED) is 0.805. The van der Waals surface area contributed by atoms with Gasteiger partial charge in [-0.25, -0.2) is 8.42 Å². The molecule has 1 amide bonds. The predicted octanol–water partition coefficient (Wildman–Crippen LogP) is 2.30. The molecule has 1 saturated carbocycles. The van der Waals surface area contributed by atoms with Crippen molar-refractivity contribution in [3.05, 3.63) is 23.8 Å². The minimum atomic E-state index is -3.71. The fourth-order valence-corrected chi connectivity index (χ4v) is 3.25. The van der Waals surface area contributed by atoms with Gasteiger partial charge in [0.25, 0.3) is 9.05 Å². The standard InChI is InChI=1S/C13H14ClNO3S/c14-19(17,18)11-4-5-12-10(7-11)3-6-13(16)15(12)8-9-1-2-9/h4-5,7,9H,1-3,6,8H2. The van der Waals surface area contributed by atoms with Crippen molar-refractivity contribution in [1.82, 2.24) is 0 Å². The highest BCUT2D eigenvalue weighted by molar-refractivity contribution is 8.13. The van der Waals surface area contributed by atoms with E-state index in [1.807, 2.05) is 0 Å². The van der Waals surface area contributed by atoms with Gasteiger partial charge in [0, 0.05) is 29.3 Å². The first-order valence-corrected chi connectivity index (χ1v) is 8.64. The molecule has 0 spiro atoms. The van der Waals surface area contributed by atoms with E-state index in [0.717, 1.165) is 17.8 Å². The zero-order valence-corrected chi connectivity index (χ0v) is 11.9. The van der Waals surface area contributed by atoms with Gasteiger partial charge in [-0.3, -0.25) is 4.79 Å². The Morgan fingerprint density at radius 3 is 2.63 bits per heavy atom. The van der Waals surface area contributed by atoms with Gasteiger partial charge in [-0.1, -0.05) is 0 Å². The number of nitrogens with zero attached hydrogens (tertiary/aromatic N) is 1. The molecule has 102 valence electrons. The number of halogens is 1. The Kier molecular flexibility index (Phi) is 3.06. The zero-order chi connectivity index (χ0) is 13.6. The molecule has 2 aliphatic rings. The summed E-state index contributed by atoms with van der Waals surface area (Å²) in [5, 5.41) is 0. The van der Waals surface area contributed by atoms with E-state index in [-0.39, 0.29) is 10.8 Å². The maximum Gasteiger partial charge on any atom is 0.261 e. The molecule has 4 nitrogen and oxygen atoms in total. The van der Waals surface area contributed by atoms with E-state index in [4.69, 9.17) is 10.7 Å². The van der Waals surface area contributed by atoms with E-state index in [1.54, 1.807) is 17.0 Å². The second-order valence-corrected chi connectivity index (χ2v) is 7.74. The van der Waals surface area contributed by atoms with Crippen LogP contribution in [0.5, 0.6) is 0 Å². The summed E-state index contributed by atoms with van der Waals surface area (Å²) < 4.78 is 22.7. The monoisotopic (exact) mass is 299 g/mol. The predicted molar refractivity (Wildman–Crippen MR) is 72.9 cm³/mol. The summed E-state index contributed by atoms with van der Waals surface area (Å²) in [7, 11) is 1.64. The second-order valence-electron chi connectivity index (χ2n) is 5.18. The molecule has 6 heteroatoms. The average molecular weight is 300 g/mol. The van der Waals surface area contributed by atoms with Crippen molar-refractivity contribution in [1.29, 1.82) is 0 Å². The van der Waals surface area contributed by atoms with Crippen molar-refractivity contribution in [2.45, 2.75) is 30.6 Å². The molecule has 0 radical (unpaired) electrons. The van der Waals surface area contributed by atoms with E-state index < -0.39 is 9.05 Å². The summed E-state index contributed by atoms with van der Waals surface area (Å²) in [6.45, 7) is 0.749. The van der Waals surface area contributed by atoms with Crippen LogP contribution in [0.1, 0.15) is 24.8 Å². The number of anilines is 1. The van der Waals surface area contributed by atoms with Crippen LogP contribution in [0.25, 0.3) is 0 Å². The number of carbonyl (C=O) groups is 1. The number of carbonyl (C=O) groups excluding carboxylic acids is 1. The maximum atomic E-state index is 12.0. The van der Waals surface area contributed by atoms with Gasteiger partial charge in [0.15, 0.2) is 0 Å². The number of amides is 1. The first kappa shape index (κ1) is 12.9. The molecule has 1 aromatic carbocycles. The molecule has 1 heterocycles. The maximum absolute atomic E-state index is 12.0. The first-order valence-electron chi connectivity index (χ1n) is 6.33. The highest BCUT2D eigenvalue weighted by Crippen LogP contribution is 2.36. The summed E-state index contributed by atoms with van der Waals surface area (Å²) in [5.41, 5.74) is 1.73. The minimum absolute atomic E-state index is 0.105. The van der Waals surface area contributed by atoms with Gasteiger partial charge in [-0.05, 0) is 48.9 Å². The third-order valence-electron chi connectivity index (χ3n) is 3.67. The van der Waals surface area contributed by atoms with Crippen LogP contribution in [-0.4, -0.2) is 20.9 Å². The van der Waals surface area contributed by atoms with Gasteiger partial charge in [0.05, 0.1) is 4.90 Å². The lowest BCUT2D eigenvalue weighted by atomic mass is 10.0. The second kappa shape index (κ2) is 4.49. The lowest BCUT2D eigenvalue weighted by Crippen LogP contribution is -2.36. The van der Waals surface area contributed by atoms with Gasteiger partial charge < -0.3 is 4.90 Å². The normalized spacial score (nSPS) is 19.4. The highest BCUT2D eigenvalue weighted by atomic mass is 35.7. The molecule has 1 fully saturated rings. The van der Waals surface area contributed by atoms with E-state index in [9.17, 15) is 13.2 Å². The Bertz CT molecular complexity index is 637. The molecule has 1 aliphatic carbocycles. The van der Waals surface area contributed by atoms with Crippen molar-refractivity contribution in [3.63, 3.8) is 0 Å². The van der Waals surface area contributed by atoms with Crippen molar-refractivity contribution >= 4 is 31.3 Å². The molecule has 0 N–H and O–H groups in total. The van der Waals surface area contributed by atoms with E-state index in [2.05, 4.69) is 0 Å². The fourth-order valence-electron chi connectivity index (χ4n) is 2.45. The Balaban J connectivity index is 1.99. The van der Waals surface area contributed by atoms with Gasteiger partial charge >= 0.3 is 0 Å². The molecular formula is C13H14ClNO3S. The Morgan fingerprint density at radius 2 is 2.00 bits per heavy atom. The van der Waals surface area contributed by atoms with Gasteiger partial charge in [0.1, 0.15) is 0 Å². The summed E-state index contributed by atoms with van der Waals surface area (Å²) in [4.78, 5) is 13.9. The van der Waals surface area contributed by atoms with Crippen LogP contribution in [0.3, 0.4) is 0 Å². The molecule has 3 rings (SSSR count). The van der Waals surface area contributed by atoms with Crippen LogP contribution in [0.2, 0.25) is 0 Å². The molecular weight excluding hydrogens is 286 g/mol. The minimum Gasteiger partial charge on any atom is -0.312 e. The largest absolute Gasteiger partial charge is 0.312 e. The molecule has 1 aromatic rings. The summed E-state index contributed by atoms with van der Waals surface area (Å²) in [6, 6.07) is 4.76. The van der Waals surface area contributed by atoms with Crippen molar-refractivity contribution in [2.24, 2.45) is 5.92 Å². The molecule has 19 heavy (non-hydrogen) atoms. The lowest BCUT2D eigenvalue weighted by Gasteiger charge is -2.29. The molecule has 0 bridgehead atoms. The number of aryl methyl sites for hydroxylation is 1.